The van der Waals surface area contributed by atoms with Gasteiger partial charge in [-0.2, -0.15) is 0 Å². The van der Waals surface area contributed by atoms with E-state index >= 15 is 0 Å². The van der Waals surface area contributed by atoms with Crippen LogP contribution in [0.15, 0.2) is 47.4 Å². The van der Waals surface area contributed by atoms with Crippen molar-refractivity contribution in [1.29, 1.82) is 0 Å². The molecule has 0 spiro atoms. The van der Waals surface area contributed by atoms with Crippen LogP contribution in [0, 0.1) is 5.92 Å². The number of benzene rings is 2. The first-order valence-electron chi connectivity index (χ1n) is 9.46. The molecule has 2 aromatic carbocycles. The van der Waals surface area contributed by atoms with Crippen LogP contribution >= 0.6 is 23.4 Å². The van der Waals surface area contributed by atoms with Gasteiger partial charge in [-0.05, 0) is 36.4 Å². The Labute approximate surface area is 178 Å². The van der Waals surface area contributed by atoms with Gasteiger partial charge in [0.15, 0.2) is 11.5 Å². The van der Waals surface area contributed by atoms with Crippen LogP contribution in [0.25, 0.3) is 0 Å². The summed E-state index contributed by atoms with van der Waals surface area (Å²) in [6, 6.07) is 13.0. The third kappa shape index (κ3) is 4.79. The molecule has 2 aromatic rings. The number of amides is 2. The van der Waals surface area contributed by atoms with Gasteiger partial charge in [0, 0.05) is 46.9 Å². The van der Waals surface area contributed by atoms with Gasteiger partial charge in [-0.25, -0.2) is 0 Å². The van der Waals surface area contributed by atoms with E-state index in [1.54, 1.807) is 28.8 Å². The minimum Gasteiger partial charge on any atom is -0.486 e. The first kappa shape index (κ1) is 19.9. The standard InChI is InChI=1S/C21H21ClN2O4S/c22-15-1-4-17(5-2-15)29-10-7-23-21(26)14-11-20(25)24(13-14)16-3-6-18-19(12-16)28-9-8-27-18/h1-6,12,14H,7-11,13H2,(H,23,26). The van der Waals surface area contributed by atoms with Crippen LogP contribution < -0.4 is 19.7 Å². The van der Waals surface area contributed by atoms with Crippen LogP contribution in [0.1, 0.15) is 6.42 Å². The number of thioether (sulfide) groups is 1. The first-order valence-corrected chi connectivity index (χ1v) is 10.8. The second kappa shape index (κ2) is 8.97. The zero-order valence-corrected chi connectivity index (χ0v) is 17.3. The van der Waals surface area contributed by atoms with Gasteiger partial charge in [0.1, 0.15) is 13.2 Å². The lowest BCUT2D eigenvalue weighted by Gasteiger charge is -2.22. The summed E-state index contributed by atoms with van der Waals surface area (Å²) in [5.74, 6) is 1.57. The van der Waals surface area contributed by atoms with Gasteiger partial charge in [-0.3, -0.25) is 9.59 Å². The van der Waals surface area contributed by atoms with Crippen LogP contribution in [0.3, 0.4) is 0 Å². The summed E-state index contributed by atoms with van der Waals surface area (Å²) in [7, 11) is 0. The molecule has 0 aromatic heterocycles. The third-order valence-corrected chi connectivity index (χ3v) is 6.08. The molecule has 0 bridgehead atoms. The molecule has 2 amide bonds. The molecule has 4 rings (SSSR count). The lowest BCUT2D eigenvalue weighted by atomic mass is 10.1. The van der Waals surface area contributed by atoms with Crippen molar-refractivity contribution in [3.05, 3.63) is 47.5 Å². The Bertz CT molecular complexity index is 906. The third-order valence-electron chi connectivity index (χ3n) is 4.82. The number of hydrogen-bond donors (Lipinski definition) is 1. The number of carbonyl (C=O) groups excluding carboxylic acids is 2. The van der Waals surface area contributed by atoms with Gasteiger partial charge in [0.05, 0.1) is 5.92 Å². The van der Waals surface area contributed by atoms with E-state index in [0.717, 1.165) is 16.3 Å². The lowest BCUT2D eigenvalue weighted by Crippen LogP contribution is -2.34. The molecule has 1 saturated heterocycles. The molecule has 2 heterocycles. The van der Waals surface area contributed by atoms with E-state index in [4.69, 9.17) is 21.1 Å². The number of carbonyl (C=O) groups is 2. The highest BCUT2D eigenvalue weighted by Crippen LogP contribution is 2.36. The molecule has 2 aliphatic heterocycles. The maximum absolute atomic E-state index is 12.5. The molecule has 1 unspecified atom stereocenters. The van der Waals surface area contributed by atoms with Crippen molar-refractivity contribution in [2.75, 3.05) is 37.0 Å². The van der Waals surface area contributed by atoms with Crippen LogP contribution in [0.2, 0.25) is 5.02 Å². The fourth-order valence-corrected chi connectivity index (χ4v) is 4.25. The fraction of sp³-hybridized carbons (Fsp3) is 0.333. The Hall–Kier alpha value is -2.38. The van der Waals surface area contributed by atoms with Crippen LogP contribution in [0.5, 0.6) is 11.5 Å². The van der Waals surface area contributed by atoms with Crippen molar-refractivity contribution < 1.29 is 19.1 Å². The molecule has 1 fully saturated rings. The van der Waals surface area contributed by atoms with Gasteiger partial charge in [-0.15, -0.1) is 11.8 Å². The Morgan fingerprint density at radius 3 is 2.69 bits per heavy atom. The van der Waals surface area contributed by atoms with E-state index in [1.807, 2.05) is 30.3 Å². The number of anilines is 1. The van der Waals surface area contributed by atoms with Crippen LogP contribution in [-0.4, -0.2) is 43.9 Å². The molecule has 152 valence electrons. The maximum Gasteiger partial charge on any atom is 0.227 e. The number of hydrogen-bond acceptors (Lipinski definition) is 5. The number of ether oxygens (including phenoxy) is 2. The predicted molar refractivity (Wildman–Crippen MR) is 113 cm³/mol. The van der Waals surface area contributed by atoms with E-state index in [-0.39, 0.29) is 24.2 Å². The minimum atomic E-state index is -0.351. The van der Waals surface area contributed by atoms with Gasteiger partial charge < -0.3 is 19.7 Å². The molecule has 1 N–H and O–H groups in total. The first-order chi connectivity index (χ1) is 14.1. The van der Waals surface area contributed by atoms with Crippen molar-refractivity contribution >= 4 is 40.9 Å². The summed E-state index contributed by atoms with van der Waals surface area (Å²) in [5, 5.41) is 3.64. The number of nitrogens with one attached hydrogen (secondary N) is 1. The average molecular weight is 433 g/mol. The highest BCUT2D eigenvalue weighted by atomic mass is 35.5. The number of fused-ring (bicyclic) bond motifs is 1. The summed E-state index contributed by atoms with van der Waals surface area (Å²) in [4.78, 5) is 27.7. The van der Waals surface area contributed by atoms with Crippen molar-refractivity contribution in [1.82, 2.24) is 5.32 Å². The summed E-state index contributed by atoms with van der Waals surface area (Å²) in [5.41, 5.74) is 0.729. The number of halogens is 1. The van der Waals surface area contributed by atoms with Crippen LogP contribution in [-0.2, 0) is 9.59 Å². The zero-order chi connectivity index (χ0) is 20.2. The fourth-order valence-electron chi connectivity index (χ4n) is 3.35. The predicted octanol–water partition coefficient (Wildman–Crippen LogP) is 3.37. The maximum atomic E-state index is 12.5. The molecule has 1 atom stereocenters. The van der Waals surface area contributed by atoms with Gasteiger partial charge >= 0.3 is 0 Å². The molecule has 0 aliphatic carbocycles. The molecular formula is C21H21ClN2O4S. The molecule has 29 heavy (non-hydrogen) atoms. The minimum absolute atomic E-state index is 0.0580. The van der Waals surface area contributed by atoms with Gasteiger partial charge in [0.25, 0.3) is 0 Å². The Morgan fingerprint density at radius 1 is 1.14 bits per heavy atom. The normalized spacial score (nSPS) is 18.0. The Morgan fingerprint density at radius 2 is 1.90 bits per heavy atom. The molecular weight excluding hydrogens is 412 g/mol. The Balaban J connectivity index is 1.28. The topological polar surface area (TPSA) is 67.9 Å². The monoisotopic (exact) mass is 432 g/mol. The van der Waals surface area contributed by atoms with Gasteiger partial charge in [-0.1, -0.05) is 11.6 Å². The van der Waals surface area contributed by atoms with E-state index in [2.05, 4.69) is 5.32 Å². The number of nitrogens with zero attached hydrogens (tertiary/aromatic N) is 1. The molecule has 0 radical (unpaired) electrons. The summed E-state index contributed by atoms with van der Waals surface area (Å²) in [6.07, 6.45) is 0.213. The summed E-state index contributed by atoms with van der Waals surface area (Å²) >= 11 is 7.53. The second-order valence-electron chi connectivity index (χ2n) is 6.83. The van der Waals surface area contributed by atoms with Crippen molar-refractivity contribution in [3.63, 3.8) is 0 Å². The zero-order valence-electron chi connectivity index (χ0n) is 15.7. The van der Waals surface area contributed by atoms with Crippen molar-refractivity contribution in [2.45, 2.75) is 11.3 Å². The van der Waals surface area contributed by atoms with E-state index in [0.29, 0.717) is 42.8 Å². The molecule has 2 aliphatic rings. The number of rotatable bonds is 6. The molecule has 0 saturated carbocycles. The second-order valence-corrected chi connectivity index (χ2v) is 8.43. The summed E-state index contributed by atoms with van der Waals surface area (Å²) < 4.78 is 11.1. The van der Waals surface area contributed by atoms with Crippen molar-refractivity contribution in [2.24, 2.45) is 5.92 Å². The van der Waals surface area contributed by atoms with Crippen LogP contribution in [0.4, 0.5) is 5.69 Å². The van der Waals surface area contributed by atoms with E-state index < -0.39 is 0 Å². The SMILES string of the molecule is O=C(NCCSc1ccc(Cl)cc1)C1CC(=O)N(c2ccc3c(c2)OCCO3)C1. The lowest BCUT2D eigenvalue weighted by molar-refractivity contribution is -0.126. The Kier molecular flexibility index (Phi) is 6.16. The smallest absolute Gasteiger partial charge is 0.227 e. The van der Waals surface area contributed by atoms with E-state index in [1.165, 1.54) is 0 Å². The highest BCUT2D eigenvalue weighted by Gasteiger charge is 2.35. The highest BCUT2D eigenvalue weighted by molar-refractivity contribution is 7.99. The molecule has 6 nitrogen and oxygen atoms in total. The molecule has 8 heteroatoms. The average Bonchev–Trinajstić information content (AvgIpc) is 3.14. The van der Waals surface area contributed by atoms with Crippen molar-refractivity contribution in [3.8, 4) is 11.5 Å². The van der Waals surface area contributed by atoms with Gasteiger partial charge in [0.2, 0.25) is 11.8 Å². The van der Waals surface area contributed by atoms with E-state index in [9.17, 15) is 9.59 Å². The largest absolute Gasteiger partial charge is 0.486 e. The summed E-state index contributed by atoms with van der Waals surface area (Å²) in [6.45, 7) is 1.92. The quantitative estimate of drug-likeness (QED) is 0.560.